The van der Waals surface area contributed by atoms with Crippen LogP contribution in [0.15, 0.2) is 35.6 Å². The number of nitrogens with zero attached hydrogens (tertiary/aromatic N) is 5. The van der Waals surface area contributed by atoms with Crippen molar-refractivity contribution in [2.45, 2.75) is 11.6 Å². The number of halogens is 1. The second-order valence-corrected chi connectivity index (χ2v) is 5.81. The maximum Gasteiger partial charge on any atom is 0.313 e. The van der Waals surface area contributed by atoms with Crippen molar-refractivity contribution in [3.63, 3.8) is 0 Å². The van der Waals surface area contributed by atoms with Gasteiger partial charge in [-0.15, -0.1) is 5.10 Å². The van der Waals surface area contributed by atoms with Crippen molar-refractivity contribution in [3.8, 4) is 0 Å². The van der Waals surface area contributed by atoms with Crippen molar-refractivity contribution >= 4 is 40.5 Å². The molecule has 0 unspecified atom stereocenters. The fourth-order valence-corrected chi connectivity index (χ4v) is 2.65. The van der Waals surface area contributed by atoms with Crippen molar-refractivity contribution < 1.29 is 9.90 Å². The maximum atomic E-state index is 10.7. The highest BCUT2D eigenvalue weighted by Gasteiger charge is 2.13. The van der Waals surface area contributed by atoms with E-state index in [-0.39, 0.29) is 5.75 Å². The largest absolute Gasteiger partial charge is 0.481 e. The van der Waals surface area contributed by atoms with E-state index in [2.05, 4.69) is 20.3 Å². The number of aliphatic carboxylic acids is 1. The topological polar surface area (TPSA) is 93.8 Å². The van der Waals surface area contributed by atoms with Crippen LogP contribution in [0.1, 0.15) is 5.56 Å². The number of carbonyl (C=O) groups is 1. The normalized spacial score (nSPS) is 11.0. The van der Waals surface area contributed by atoms with Crippen LogP contribution < -0.4 is 0 Å². The number of carboxylic acid groups (broad SMARTS) is 1. The molecular weight excluding hydrogens is 326 g/mol. The van der Waals surface area contributed by atoms with Crippen LogP contribution in [0.25, 0.3) is 11.2 Å². The van der Waals surface area contributed by atoms with E-state index in [4.69, 9.17) is 16.7 Å². The molecule has 0 saturated heterocycles. The predicted octanol–water partition coefficient (Wildman–Crippen LogP) is 2.10. The zero-order chi connectivity index (χ0) is 15.5. The second-order valence-electron chi connectivity index (χ2n) is 4.41. The van der Waals surface area contributed by atoms with Crippen LogP contribution in [0, 0.1) is 0 Å². The lowest BCUT2D eigenvalue weighted by molar-refractivity contribution is -0.133. The Hall–Kier alpha value is -2.19. The molecule has 2 heterocycles. The second kappa shape index (κ2) is 6.29. The number of benzene rings is 1. The molecule has 0 bridgehead atoms. The van der Waals surface area contributed by atoms with Crippen molar-refractivity contribution in [1.82, 2.24) is 25.0 Å². The third-order valence-corrected chi connectivity index (χ3v) is 4.06. The summed E-state index contributed by atoms with van der Waals surface area (Å²) in [4.78, 5) is 18.9. The van der Waals surface area contributed by atoms with Gasteiger partial charge in [0, 0.05) is 5.02 Å². The van der Waals surface area contributed by atoms with E-state index < -0.39 is 5.97 Å². The lowest BCUT2D eigenvalue weighted by Crippen LogP contribution is -2.03. The van der Waals surface area contributed by atoms with Gasteiger partial charge in [-0.1, -0.05) is 40.7 Å². The number of carboxylic acids is 1. The van der Waals surface area contributed by atoms with Crippen LogP contribution in [-0.4, -0.2) is 41.8 Å². The fraction of sp³-hybridized carbons (Fsp3) is 0.154. The maximum absolute atomic E-state index is 10.7. The van der Waals surface area contributed by atoms with Gasteiger partial charge in [-0.05, 0) is 17.7 Å². The summed E-state index contributed by atoms with van der Waals surface area (Å²) >= 11 is 6.96. The summed E-state index contributed by atoms with van der Waals surface area (Å²) in [5.41, 5.74) is 2.08. The van der Waals surface area contributed by atoms with E-state index in [9.17, 15) is 4.79 Å². The van der Waals surface area contributed by atoms with Gasteiger partial charge in [-0.3, -0.25) is 4.79 Å². The first-order valence-electron chi connectivity index (χ1n) is 6.27. The molecule has 0 aliphatic carbocycles. The SMILES string of the molecule is O=C(O)CSc1ncnc2c1nnn2Cc1ccc(Cl)cc1. The van der Waals surface area contributed by atoms with Crippen LogP contribution in [0.3, 0.4) is 0 Å². The Morgan fingerprint density at radius 3 is 2.77 bits per heavy atom. The highest BCUT2D eigenvalue weighted by molar-refractivity contribution is 8.00. The number of rotatable bonds is 5. The van der Waals surface area contributed by atoms with Crippen molar-refractivity contribution in [2.75, 3.05) is 5.75 Å². The lowest BCUT2D eigenvalue weighted by atomic mass is 10.2. The van der Waals surface area contributed by atoms with Gasteiger partial charge in [0.25, 0.3) is 0 Å². The van der Waals surface area contributed by atoms with Gasteiger partial charge in [0.15, 0.2) is 11.2 Å². The average Bonchev–Trinajstić information content (AvgIpc) is 2.91. The molecule has 2 aromatic heterocycles. The number of fused-ring (bicyclic) bond motifs is 1. The molecule has 0 amide bonds. The Balaban J connectivity index is 1.90. The minimum absolute atomic E-state index is 0.0871. The van der Waals surface area contributed by atoms with E-state index in [0.717, 1.165) is 17.3 Å². The third-order valence-electron chi connectivity index (χ3n) is 2.84. The minimum Gasteiger partial charge on any atom is -0.481 e. The highest BCUT2D eigenvalue weighted by atomic mass is 35.5. The summed E-state index contributed by atoms with van der Waals surface area (Å²) in [6.45, 7) is 0.494. The van der Waals surface area contributed by atoms with Gasteiger partial charge < -0.3 is 5.11 Å². The molecule has 3 aromatic rings. The average molecular weight is 336 g/mol. The highest BCUT2D eigenvalue weighted by Crippen LogP contribution is 2.22. The van der Waals surface area contributed by atoms with Gasteiger partial charge >= 0.3 is 5.97 Å². The van der Waals surface area contributed by atoms with E-state index in [1.807, 2.05) is 12.1 Å². The molecule has 0 atom stereocenters. The molecule has 1 N–H and O–H groups in total. The van der Waals surface area contributed by atoms with E-state index >= 15 is 0 Å². The Kier molecular flexibility index (Phi) is 4.21. The molecule has 0 spiro atoms. The van der Waals surface area contributed by atoms with Gasteiger partial charge in [-0.25, -0.2) is 14.6 Å². The predicted molar refractivity (Wildman–Crippen MR) is 82.0 cm³/mol. The zero-order valence-corrected chi connectivity index (χ0v) is 12.8. The lowest BCUT2D eigenvalue weighted by Gasteiger charge is -2.03. The Morgan fingerprint density at radius 1 is 1.27 bits per heavy atom. The number of hydrogen-bond donors (Lipinski definition) is 1. The molecule has 0 fully saturated rings. The number of hydrogen-bond acceptors (Lipinski definition) is 6. The molecule has 0 aliphatic heterocycles. The van der Waals surface area contributed by atoms with Crippen LogP contribution in [0.4, 0.5) is 0 Å². The zero-order valence-electron chi connectivity index (χ0n) is 11.2. The van der Waals surface area contributed by atoms with Gasteiger partial charge in [-0.2, -0.15) is 0 Å². The molecule has 0 saturated carbocycles. The van der Waals surface area contributed by atoms with E-state index in [0.29, 0.717) is 27.8 Å². The van der Waals surface area contributed by atoms with E-state index in [1.165, 1.54) is 6.33 Å². The summed E-state index contributed by atoms with van der Waals surface area (Å²) in [5.74, 6) is -0.999. The van der Waals surface area contributed by atoms with Crippen LogP contribution in [0.5, 0.6) is 0 Å². The monoisotopic (exact) mass is 335 g/mol. The molecule has 1 aromatic carbocycles. The quantitative estimate of drug-likeness (QED) is 0.563. The summed E-state index contributed by atoms with van der Waals surface area (Å²) in [6, 6.07) is 7.41. The molecule has 112 valence electrons. The number of thioether (sulfide) groups is 1. The number of aromatic nitrogens is 5. The van der Waals surface area contributed by atoms with Crippen LogP contribution in [-0.2, 0) is 11.3 Å². The van der Waals surface area contributed by atoms with Crippen molar-refractivity contribution in [3.05, 3.63) is 41.2 Å². The smallest absolute Gasteiger partial charge is 0.313 e. The minimum atomic E-state index is -0.912. The Labute approximate surface area is 134 Å². The molecule has 22 heavy (non-hydrogen) atoms. The summed E-state index contributed by atoms with van der Waals surface area (Å²) in [7, 11) is 0. The molecular formula is C13H10ClN5O2S. The molecule has 0 radical (unpaired) electrons. The summed E-state index contributed by atoms with van der Waals surface area (Å²) in [6.07, 6.45) is 1.38. The summed E-state index contributed by atoms with van der Waals surface area (Å²) < 4.78 is 1.64. The standard InChI is InChI=1S/C13H10ClN5O2S/c14-9-3-1-8(2-4-9)5-19-12-11(17-18-19)13(16-7-15-12)22-6-10(20)21/h1-4,7H,5-6H2,(H,20,21). The van der Waals surface area contributed by atoms with Gasteiger partial charge in [0.2, 0.25) is 0 Å². The first-order valence-corrected chi connectivity index (χ1v) is 7.63. The molecule has 9 heteroatoms. The van der Waals surface area contributed by atoms with Gasteiger partial charge in [0.1, 0.15) is 11.4 Å². The Bertz CT molecular complexity index is 821. The molecule has 7 nitrogen and oxygen atoms in total. The Morgan fingerprint density at radius 2 is 2.05 bits per heavy atom. The van der Waals surface area contributed by atoms with Crippen molar-refractivity contribution in [1.29, 1.82) is 0 Å². The van der Waals surface area contributed by atoms with Gasteiger partial charge in [0.05, 0.1) is 12.3 Å². The molecule has 0 aliphatic rings. The summed E-state index contributed by atoms with van der Waals surface area (Å²) in [5, 5.41) is 18.1. The fourth-order valence-electron chi connectivity index (χ4n) is 1.88. The first-order chi connectivity index (χ1) is 10.6. The van der Waals surface area contributed by atoms with Crippen molar-refractivity contribution in [2.24, 2.45) is 0 Å². The van der Waals surface area contributed by atoms with E-state index in [1.54, 1.807) is 16.8 Å². The first kappa shape index (κ1) is 14.7. The third kappa shape index (κ3) is 3.18. The molecule has 3 rings (SSSR count). The van der Waals surface area contributed by atoms with Crippen LogP contribution >= 0.6 is 23.4 Å². The van der Waals surface area contributed by atoms with Crippen LogP contribution in [0.2, 0.25) is 5.02 Å².